The summed E-state index contributed by atoms with van der Waals surface area (Å²) >= 11 is 0. The van der Waals surface area contributed by atoms with Crippen LogP contribution in [0.3, 0.4) is 0 Å². The number of carbonyl (C=O) groups is 1. The van der Waals surface area contributed by atoms with Crippen LogP contribution in [-0.4, -0.2) is 33.1 Å². The maximum Gasteiger partial charge on any atom is 0.231 e. The first-order valence-electron chi connectivity index (χ1n) is 7.15. The van der Waals surface area contributed by atoms with Gasteiger partial charge in [-0.3, -0.25) is 4.79 Å². The van der Waals surface area contributed by atoms with Crippen LogP contribution in [0, 0.1) is 0 Å². The molecule has 1 aromatic heterocycles. The molecule has 7 nitrogen and oxygen atoms in total. The van der Waals surface area contributed by atoms with Gasteiger partial charge in [0.1, 0.15) is 0 Å². The molecule has 0 bridgehead atoms. The molecule has 116 valence electrons. The third-order valence-electron chi connectivity index (χ3n) is 3.41. The Labute approximate surface area is 132 Å². The van der Waals surface area contributed by atoms with E-state index in [9.17, 15) is 4.79 Å². The summed E-state index contributed by atoms with van der Waals surface area (Å²) in [5.74, 6) is 0.198. The van der Waals surface area contributed by atoms with Crippen LogP contribution >= 0.6 is 0 Å². The maximum absolute atomic E-state index is 10.7. The quantitative estimate of drug-likeness (QED) is 0.632. The second-order valence-corrected chi connectivity index (χ2v) is 5.05. The predicted molar refractivity (Wildman–Crippen MR) is 86.0 cm³/mol. The number of benzene rings is 2. The molecule has 0 saturated carbocycles. The minimum atomic E-state index is -0.365. The summed E-state index contributed by atoms with van der Waals surface area (Å²) in [6.07, 6.45) is 0. The van der Waals surface area contributed by atoms with Crippen LogP contribution in [0.5, 0.6) is 0 Å². The number of aromatic amines is 1. The van der Waals surface area contributed by atoms with Crippen molar-refractivity contribution in [3.05, 3.63) is 54.1 Å². The standard InChI is InChI=1S/C16H16N6O/c17-15(23)10-18-9-11-5-7-12(8-6-11)13-3-1-2-4-14(13)16-19-21-22-20-16/h1-8,18H,9-10H2,(H2,17,23)(H,19,20,21,22). The van der Waals surface area contributed by atoms with Crippen LogP contribution in [0.15, 0.2) is 48.5 Å². The molecule has 0 unspecified atom stereocenters. The largest absolute Gasteiger partial charge is 0.369 e. The van der Waals surface area contributed by atoms with E-state index in [0.717, 1.165) is 22.3 Å². The molecular weight excluding hydrogens is 292 g/mol. The number of rotatable bonds is 6. The summed E-state index contributed by atoms with van der Waals surface area (Å²) in [6, 6.07) is 16.0. The first-order chi connectivity index (χ1) is 11.2. The summed E-state index contributed by atoms with van der Waals surface area (Å²) in [7, 11) is 0. The third-order valence-corrected chi connectivity index (χ3v) is 3.41. The van der Waals surface area contributed by atoms with Gasteiger partial charge in [-0.15, -0.1) is 10.2 Å². The van der Waals surface area contributed by atoms with Crippen LogP contribution in [0.1, 0.15) is 5.56 Å². The summed E-state index contributed by atoms with van der Waals surface area (Å²) in [6.45, 7) is 0.762. The summed E-state index contributed by atoms with van der Waals surface area (Å²) in [5.41, 5.74) is 9.18. The van der Waals surface area contributed by atoms with Crippen LogP contribution in [0.4, 0.5) is 0 Å². The normalized spacial score (nSPS) is 10.6. The highest BCUT2D eigenvalue weighted by atomic mass is 16.1. The first kappa shape index (κ1) is 14.9. The fourth-order valence-corrected chi connectivity index (χ4v) is 2.34. The molecule has 23 heavy (non-hydrogen) atoms. The number of amides is 1. The SMILES string of the molecule is NC(=O)CNCc1ccc(-c2ccccc2-c2nn[nH]n2)cc1. The van der Waals surface area contributed by atoms with Crippen molar-refractivity contribution in [1.82, 2.24) is 25.9 Å². The van der Waals surface area contributed by atoms with Crippen LogP contribution in [-0.2, 0) is 11.3 Å². The van der Waals surface area contributed by atoms with Gasteiger partial charge in [0.05, 0.1) is 6.54 Å². The van der Waals surface area contributed by atoms with E-state index in [1.807, 2.05) is 48.5 Å². The molecule has 1 heterocycles. The van der Waals surface area contributed by atoms with Crippen LogP contribution in [0.25, 0.3) is 22.5 Å². The van der Waals surface area contributed by atoms with E-state index in [0.29, 0.717) is 12.4 Å². The fraction of sp³-hybridized carbons (Fsp3) is 0.125. The molecule has 1 amide bonds. The van der Waals surface area contributed by atoms with Gasteiger partial charge in [-0.05, 0) is 21.9 Å². The Morgan fingerprint density at radius 2 is 1.83 bits per heavy atom. The molecule has 0 fully saturated rings. The molecule has 2 aromatic carbocycles. The van der Waals surface area contributed by atoms with E-state index in [-0.39, 0.29) is 12.5 Å². The zero-order valence-electron chi connectivity index (χ0n) is 12.4. The van der Waals surface area contributed by atoms with E-state index in [1.165, 1.54) is 0 Å². The van der Waals surface area contributed by atoms with E-state index in [1.54, 1.807) is 0 Å². The lowest BCUT2D eigenvalue weighted by Gasteiger charge is -2.08. The number of hydrogen-bond acceptors (Lipinski definition) is 5. The summed E-state index contributed by atoms with van der Waals surface area (Å²) in [4.78, 5) is 10.7. The highest BCUT2D eigenvalue weighted by Crippen LogP contribution is 2.29. The second-order valence-electron chi connectivity index (χ2n) is 5.05. The number of primary amides is 1. The molecule has 0 saturated heterocycles. The van der Waals surface area contributed by atoms with Gasteiger partial charge in [-0.1, -0.05) is 48.5 Å². The van der Waals surface area contributed by atoms with Crippen molar-refractivity contribution >= 4 is 5.91 Å². The number of H-pyrrole nitrogens is 1. The zero-order valence-corrected chi connectivity index (χ0v) is 12.4. The van der Waals surface area contributed by atoms with E-state index < -0.39 is 0 Å². The van der Waals surface area contributed by atoms with Gasteiger partial charge in [-0.25, -0.2) is 0 Å². The van der Waals surface area contributed by atoms with Gasteiger partial charge in [0.2, 0.25) is 11.7 Å². The number of nitrogens with zero attached hydrogens (tertiary/aromatic N) is 3. The second kappa shape index (κ2) is 6.80. The van der Waals surface area contributed by atoms with E-state index in [4.69, 9.17) is 5.73 Å². The Balaban J connectivity index is 1.82. The lowest BCUT2D eigenvalue weighted by molar-refractivity contribution is -0.117. The minimum absolute atomic E-state index is 0.169. The number of aromatic nitrogens is 4. The molecule has 0 spiro atoms. The number of carbonyl (C=O) groups excluding carboxylic acids is 1. The molecule has 7 heteroatoms. The van der Waals surface area contributed by atoms with Crippen LogP contribution < -0.4 is 11.1 Å². The van der Waals surface area contributed by atoms with Gasteiger partial charge in [0.15, 0.2) is 0 Å². The molecular formula is C16H16N6O. The van der Waals surface area contributed by atoms with Crippen molar-refractivity contribution in [2.75, 3.05) is 6.54 Å². The van der Waals surface area contributed by atoms with Crippen molar-refractivity contribution in [2.45, 2.75) is 6.54 Å². The number of tetrazole rings is 1. The lowest BCUT2D eigenvalue weighted by atomic mass is 9.98. The zero-order chi connectivity index (χ0) is 16.1. The number of hydrogen-bond donors (Lipinski definition) is 3. The highest BCUT2D eigenvalue weighted by molar-refractivity contribution is 5.80. The Hall–Kier alpha value is -3.06. The first-order valence-corrected chi connectivity index (χ1v) is 7.15. The van der Waals surface area contributed by atoms with Gasteiger partial charge < -0.3 is 11.1 Å². The molecule has 0 aliphatic heterocycles. The van der Waals surface area contributed by atoms with Crippen molar-refractivity contribution in [2.24, 2.45) is 5.73 Å². The average Bonchev–Trinajstić information content (AvgIpc) is 3.10. The molecule has 3 aromatic rings. The molecule has 0 aliphatic carbocycles. The molecule has 0 aliphatic rings. The Kier molecular flexibility index (Phi) is 4.39. The van der Waals surface area contributed by atoms with Gasteiger partial charge >= 0.3 is 0 Å². The predicted octanol–water partition coefficient (Wildman–Crippen LogP) is 1.11. The molecule has 3 rings (SSSR count). The maximum atomic E-state index is 10.7. The van der Waals surface area contributed by atoms with Crippen molar-refractivity contribution < 1.29 is 4.79 Å². The summed E-state index contributed by atoms with van der Waals surface area (Å²) in [5, 5.41) is 17.2. The van der Waals surface area contributed by atoms with Crippen molar-refractivity contribution in [3.63, 3.8) is 0 Å². The van der Waals surface area contributed by atoms with Crippen molar-refractivity contribution in [3.8, 4) is 22.5 Å². The van der Waals surface area contributed by atoms with Gasteiger partial charge in [0.25, 0.3) is 0 Å². The Morgan fingerprint density at radius 3 is 2.48 bits per heavy atom. The smallest absolute Gasteiger partial charge is 0.231 e. The monoisotopic (exact) mass is 308 g/mol. The average molecular weight is 308 g/mol. The Bertz CT molecular complexity index is 783. The van der Waals surface area contributed by atoms with E-state index in [2.05, 4.69) is 25.9 Å². The highest BCUT2D eigenvalue weighted by Gasteiger charge is 2.10. The lowest BCUT2D eigenvalue weighted by Crippen LogP contribution is -2.28. The molecule has 4 N–H and O–H groups in total. The fourth-order valence-electron chi connectivity index (χ4n) is 2.34. The van der Waals surface area contributed by atoms with Gasteiger partial charge in [-0.2, -0.15) is 5.21 Å². The summed E-state index contributed by atoms with van der Waals surface area (Å²) < 4.78 is 0. The molecule has 0 atom stereocenters. The molecule has 0 radical (unpaired) electrons. The Morgan fingerprint density at radius 1 is 1.09 bits per heavy atom. The van der Waals surface area contributed by atoms with E-state index >= 15 is 0 Å². The topological polar surface area (TPSA) is 110 Å². The van der Waals surface area contributed by atoms with Crippen molar-refractivity contribution in [1.29, 1.82) is 0 Å². The number of nitrogens with two attached hydrogens (primary N) is 1. The third kappa shape index (κ3) is 3.58. The van der Waals surface area contributed by atoms with Crippen LogP contribution in [0.2, 0.25) is 0 Å². The van der Waals surface area contributed by atoms with Gasteiger partial charge in [0, 0.05) is 12.1 Å². The number of nitrogens with one attached hydrogen (secondary N) is 2. The minimum Gasteiger partial charge on any atom is -0.369 e.